The fraction of sp³-hybridized carbons (Fsp3) is 0.533. The molecule has 6 nitrogen and oxygen atoms in total. The van der Waals surface area contributed by atoms with Gasteiger partial charge in [-0.2, -0.15) is 0 Å². The Bertz CT molecular complexity index is 539. The number of nitrogens with one attached hydrogen (secondary N) is 2. The third-order valence-corrected chi connectivity index (χ3v) is 4.34. The Morgan fingerprint density at radius 1 is 1.41 bits per heavy atom. The number of carbonyl (C=O) groups is 1. The minimum atomic E-state index is -0.326. The number of methoxy groups -OCH3 is 2. The topological polar surface area (TPSA) is 68.8 Å². The minimum absolute atomic E-state index is 0.0751. The van der Waals surface area contributed by atoms with Crippen LogP contribution < -0.4 is 20.1 Å². The number of rotatable bonds is 5. The van der Waals surface area contributed by atoms with Crippen molar-refractivity contribution >= 4 is 21.8 Å². The lowest BCUT2D eigenvalue weighted by Gasteiger charge is -2.29. The number of halogens is 1. The van der Waals surface area contributed by atoms with E-state index in [2.05, 4.69) is 26.6 Å². The highest BCUT2D eigenvalue weighted by atomic mass is 79.9. The molecule has 0 saturated carbocycles. The molecule has 2 atom stereocenters. The molecule has 1 amide bonds. The maximum atomic E-state index is 12.2. The summed E-state index contributed by atoms with van der Waals surface area (Å²) in [7, 11) is 3.17. The predicted octanol–water partition coefficient (Wildman–Crippen LogP) is 1.46. The Kier molecular flexibility index (Phi) is 6.05. The van der Waals surface area contributed by atoms with Gasteiger partial charge in [0.25, 0.3) is 0 Å². The van der Waals surface area contributed by atoms with Gasteiger partial charge in [-0.25, -0.2) is 0 Å². The van der Waals surface area contributed by atoms with Crippen molar-refractivity contribution in [2.45, 2.75) is 25.6 Å². The fourth-order valence-electron chi connectivity index (χ4n) is 2.35. The molecule has 1 aliphatic rings. The second kappa shape index (κ2) is 7.80. The highest BCUT2D eigenvalue weighted by molar-refractivity contribution is 9.10. The smallest absolute Gasteiger partial charge is 0.240 e. The van der Waals surface area contributed by atoms with Crippen LogP contribution in [0.25, 0.3) is 0 Å². The molecule has 1 heterocycles. The first-order valence-electron chi connectivity index (χ1n) is 7.10. The van der Waals surface area contributed by atoms with Crippen molar-refractivity contribution in [1.82, 2.24) is 10.6 Å². The van der Waals surface area contributed by atoms with Crippen LogP contribution in [0.5, 0.6) is 11.5 Å². The molecule has 1 saturated heterocycles. The van der Waals surface area contributed by atoms with Gasteiger partial charge in [-0.1, -0.05) is 15.9 Å². The Balaban J connectivity index is 2.03. The number of carbonyl (C=O) groups excluding carboxylic acids is 1. The Hall–Kier alpha value is -1.31. The van der Waals surface area contributed by atoms with Gasteiger partial charge in [0, 0.05) is 17.6 Å². The number of morpholine rings is 1. The Morgan fingerprint density at radius 2 is 2.09 bits per heavy atom. The van der Waals surface area contributed by atoms with Gasteiger partial charge in [0.05, 0.1) is 26.9 Å². The summed E-state index contributed by atoms with van der Waals surface area (Å²) < 4.78 is 16.9. The van der Waals surface area contributed by atoms with Crippen molar-refractivity contribution in [3.8, 4) is 11.5 Å². The summed E-state index contributed by atoms with van der Waals surface area (Å²) >= 11 is 3.48. The van der Waals surface area contributed by atoms with Crippen LogP contribution in [-0.2, 0) is 16.1 Å². The van der Waals surface area contributed by atoms with E-state index >= 15 is 0 Å². The third kappa shape index (κ3) is 3.91. The van der Waals surface area contributed by atoms with E-state index in [0.29, 0.717) is 31.2 Å². The van der Waals surface area contributed by atoms with Crippen LogP contribution in [0.4, 0.5) is 0 Å². The average molecular weight is 373 g/mol. The number of hydrogen-bond acceptors (Lipinski definition) is 5. The molecule has 2 N–H and O–H groups in total. The Labute approximate surface area is 138 Å². The fourth-order valence-corrected chi connectivity index (χ4v) is 2.81. The molecule has 1 aromatic carbocycles. The van der Waals surface area contributed by atoms with Crippen LogP contribution in [0.2, 0.25) is 0 Å². The van der Waals surface area contributed by atoms with Crippen LogP contribution in [-0.4, -0.2) is 45.4 Å². The van der Waals surface area contributed by atoms with E-state index in [-0.39, 0.29) is 18.1 Å². The monoisotopic (exact) mass is 372 g/mol. The molecule has 7 heteroatoms. The number of ether oxygens (including phenoxy) is 3. The van der Waals surface area contributed by atoms with Crippen LogP contribution in [0, 0.1) is 0 Å². The van der Waals surface area contributed by atoms with Gasteiger partial charge in [0.1, 0.15) is 6.04 Å². The first-order chi connectivity index (χ1) is 10.6. The maximum Gasteiger partial charge on any atom is 0.240 e. The van der Waals surface area contributed by atoms with Crippen LogP contribution >= 0.6 is 15.9 Å². The van der Waals surface area contributed by atoms with Crippen LogP contribution in [0.15, 0.2) is 16.6 Å². The SMILES string of the molecule is COc1cc(Br)c(CNC(=O)[C@H]2NCCO[C@@H]2C)cc1OC. The van der Waals surface area contributed by atoms with Gasteiger partial charge in [-0.15, -0.1) is 0 Å². The minimum Gasteiger partial charge on any atom is -0.493 e. The predicted molar refractivity (Wildman–Crippen MR) is 86.3 cm³/mol. The first kappa shape index (κ1) is 17.1. The van der Waals surface area contributed by atoms with Gasteiger partial charge in [0.2, 0.25) is 5.91 Å². The summed E-state index contributed by atoms with van der Waals surface area (Å²) in [6.45, 7) is 3.60. The van der Waals surface area contributed by atoms with Gasteiger partial charge in [-0.05, 0) is 24.6 Å². The number of hydrogen-bond donors (Lipinski definition) is 2. The third-order valence-electron chi connectivity index (χ3n) is 3.60. The van der Waals surface area contributed by atoms with E-state index in [1.165, 1.54) is 0 Å². The molecule has 22 heavy (non-hydrogen) atoms. The van der Waals surface area contributed by atoms with Gasteiger partial charge < -0.3 is 24.8 Å². The van der Waals surface area contributed by atoms with Crippen molar-refractivity contribution in [3.63, 3.8) is 0 Å². The second-order valence-corrected chi connectivity index (χ2v) is 5.88. The molecular formula is C15H21BrN2O4. The molecule has 0 aromatic heterocycles. The maximum absolute atomic E-state index is 12.2. The molecule has 0 unspecified atom stereocenters. The summed E-state index contributed by atoms with van der Waals surface area (Å²) in [5.74, 6) is 1.19. The van der Waals surface area contributed by atoms with E-state index in [1.807, 2.05) is 19.1 Å². The van der Waals surface area contributed by atoms with Crippen molar-refractivity contribution < 1.29 is 19.0 Å². The second-order valence-electron chi connectivity index (χ2n) is 5.02. The van der Waals surface area contributed by atoms with Crippen molar-refractivity contribution in [2.24, 2.45) is 0 Å². The van der Waals surface area contributed by atoms with E-state index < -0.39 is 0 Å². The molecule has 2 rings (SSSR count). The van der Waals surface area contributed by atoms with Crippen LogP contribution in [0.1, 0.15) is 12.5 Å². The molecule has 122 valence electrons. The van der Waals surface area contributed by atoms with E-state index in [9.17, 15) is 4.79 Å². The zero-order valence-electron chi connectivity index (χ0n) is 12.9. The van der Waals surface area contributed by atoms with Crippen molar-refractivity contribution in [3.05, 3.63) is 22.2 Å². The van der Waals surface area contributed by atoms with E-state index in [1.54, 1.807) is 14.2 Å². The summed E-state index contributed by atoms with van der Waals surface area (Å²) in [5, 5.41) is 6.09. The average Bonchev–Trinajstić information content (AvgIpc) is 2.53. The van der Waals surface area contributed by atoms with E-state index in [4.69, 9.17) is 14.2 Å². The lowest BCUT2D eigenvalue weighted by atomic mass is 10.1. The van der Waals surface area contributed by atoms with Crippen molar-refractivity contribution in [2.75, 3.05) is 27.4 Å². The lowest BCUT2D eigenvalue weighted by Crippen LogP contribution is -2.55. The summed E-state index contributed by atoms with van der Waals surface area (Å²) in [5.41, 5.74) is 0.912. The first-order valence-corrected chi connectivity index (χ1v) is 7.89. The highest BCUT2D eigenvalue weighted by Gasteiger charge is 2.28. The molecule has 0 bridgehead atoms. The molecule has 1 fully saturated rings. The molecule has 0 radical (unpaired) electrons. The van der Waals surface area contributed by atoms with Gasteiger partial charge in [-0.3, -0.25) is 4.79 Å². The molecule has 1 aliphatic heterocycles. The standard InChI is InChI=1S/C15H21BrN2O4/c1-9-14(17-4-5-22-9)15(19)18-8-10-6-12(20-2)13(21-3)7-11(10)16/h6-7,9,14,17H,4-5,8H2,1-3H3,(H,18,19)/t9-,14+/m1/s1. The largest absolute Gasteiger partial charge is 0.493 e. The van der Waals surface area contributed by atoms with E-state index in [0.717, 1.165) is 10.0 Å². The van der Waals surface area contributed by atoms with Gasteiger partial charge in [0.15, 0.2) is 11.5 Å². The lowest BCUT2D eigenvalue weighted by molar-refractivity contribution is -0.129. The number of benzene rings is 1. The summed E-state index contributed by atoms with van der Waals surface area (Å²) in [4.78, 5) is 12.2. The van der Waals surface area contributed by atoms with Gasteiger partial charge >= 0.3 is 0 Å². The molecule has 0 aliphatic carbocycles. The summed E-state index contributed by atoms with van der Waals surface area (Å²) in [6.07, 6.45) is -0.136. The zero-order valence-corrected chi connectivity index (χ0v) is 14.5. The normalized spacial score (nSPS) is 21.3. The van der Waals surface area contributed by atoms with Crippen LogP contribution in [0.3, 0.4) is 0 Å². The van der Waals surface area contributed by atoms with Crippen molar-refractivity contribution in [1.29, 1.82) is 0 Å². The molecule has 0 spiro atoms. The Morgan fingerprint density at radius 3 is 2.73 bits per heavy atom. The number of amides is 1. The zero-order chi connectivity index (χ0) is 16.1. The summed E-state index contributed by atoms with van der Waals surface area (Å²) in [6, 6.07) is 3.34. The molecular weight excluding hydrogens is 352 g/mol. The molecule has 1 aromatic rings. The quantitative estimate of drug-likeness (QED) is 0.818. The highest BCUT2D eigenvalue weighted by Crippen LogP contribution is 2.33.